The molecule has 1 fully saturated rings. The van der Waals surface area contributed by atoms with Crippen molar-refractivity contribution >= 4 is 11.8 Å². The van der Waals surface area contributed by atoms with Crippen LogP contribution in [-0.4, -0.2) is 55.5 Å². The Labute approximate surface area is 185 Å². The highest BCUT2D eigenvalue weighted by molar-refractivity contribution is 5.75. The third-order valence-corrected chi connectivity index (χ3v) is 6.28. The minimum Gasteiger partial charge on any atom is -0.483 e. The van der Waals surface area contributed by atoms with Gasteiger partial charge in [-0.2, -0.15) is 15.3 Å². The first-order chi connectivity index (χ1) is 15.6. The largest absolute Gasteiger partial charge is 0.483 e. The summed E-state index contributed by atoms with van der Waals surface area (Å²) in [5.74, 6) is 0.800. The zero-order valence-electron chi connectivity index (χ0n) is 18.0. The monoisotopic (exact) mass is 434 g/mol. The fourth-order valence-corrected chi connectivity index (χ4v) is 4.60. The van der Waals surface area contributed by atoms with Crippen LogP contribution in [0.2, 0.25) is 0 Å². The van der Waals surface area contributed by atoms with E-state index in [1.54, 1.807) is 12.4 Å². The van der Waals surface area contributed by atoms with Crippen LogP contribution in [-0.2, 0) is 18.6 Å². The second-order valence-electron chi connectivity index (χ2n) is 8.29. The average Bonchev–Trinajstić information content (AvgIpc) is 3.51. The van der Waals surface area contributed by atoms with Crippen molar-refractivity contribution in [1.82, 2.24) is 35.2 Å². The molecule has 2 aliphatic rings. The van der Waals surface area contributed by atoms with Crippen molar-refractivity contribution in [2.45, 2.75) is 38.3 Å². The summed E-state index contributed by atoms with van der Waals surface area (Å²) < 4.78 is 7.91. The first kappa shape index (κ1) is 20.2. The number of nitrogen functional groups attached to an aromatic ring is 1. The van der Waals surface area contributed by atoms with E-state index in [0.29, 0.717) is 23.8 Å². The molecule has 5 heterocycles. The van der Waals surface area contributed by atoms with E-state index in [2.05, 4.69) is 31.2 Å². The van der Waals surface area contributed by atoms with E-state index in [4.69, 9.17) is 15.6 Å². The smallest absolute Gasteiger partial charge is 0.317 e. The molecule has 3 aromatic rings. The van der Waals surface area contributed by atoms with Crippen molar-refractivity contribution in [2.24, 2.45) is 0 Å². The SMILES string of the molecule is CCNC(=O)N1CCC2(CCn3nc(-c4cnc(N)c(OCc5cccnn5)c4)cc32)C1. The fraction of sp³-hybridized carbons (Fsp3) is 0.409. The number of aromatic nitrogens is 5. The highest BCUT2D eigenvalue weighted by atomic mass is 16.5. The van der Waals surface area contributed by atoms with Gasteiger partial charge >= 0.3 is 6.03 Å². The Kier molecular flexibility index (Phi) is 5.12. The summed E-state index contributed by atoms with van der Waals surface area (Å²) in [6.45, 7) is 5.15. The summed E-state index contributed by atoms with van der Waals surface area (Å²) in [5, 5.41) is 15.6. The Balaban J connectivity index is 1.36. The average molecular weight is 435 g/mol. The fourth-order valence-electron chi connectivity index (χ4n) is 4.60. The number of pyridine rings is 1. The highest BCUT2D eigenvalue weighted by Gasteiger charge is 2.46. The van der Waals surface area contributed by atoms with Crippen molar-refractivity contribution in [3.63, 3.8) is 0 Å². The standard InChI is InChI=1S/C22H26N8O2/c1-2-24-21(31)29-8-5-22(14-29)6-9-30-19(22)11-17(28-30)15-10-18(20(23)25-12-15)32-13-16-4-3-7-26-27-16/h3-4,7,10-12H,2,5-6,8-9,13-14H2,1H3,(H2,23,25)(H,24,31). The van der Waals surface area contributed by atoms with Gasteiger partial charge in [-0.1, -0.05) is 0 Å². The Hall–Kier alpha value is -3.69. The predicted molar refractivity (Wildman–Crippen MR) is 118 cm³/mol. The lowest BCUT2D eigenvalue weighted by Gasteiger charge is -2.23. The second-order valence-corrected chi connectivity index (χ2v) is 8.29. The molecule has 0 saturated carbocycles. The maximum absolute atomic E-state index is 12.3. The van der Waals surface area contributed by atoms with Crippen LogP contribution in [0.3, 0.4) is 0 Å². The van der Waals surface area contributed by atoms with Crippen LogP contribution < -0.4 is 15.8 Å². The topological polar surface area (TPSA) is 124 Å². The molecule has 1 atom stereocenters. The van der Waals surface area contributed by atoms with Crippen molar-refractivity contribution in [3.8, 4) is 17.0 Å². The van der Waals surface area contributed by atoms with Gasteiger partial charge in [0.1, 0.15) is 12.3 Å². The number of rotatable bonds is 5. The molecule has 10 heteroatoms. The van der Waals surface area contributed by atoms with Crippen LogP contribution in [0, 0.1) is 0 Å². The van der Waals surface area contributed by atoms with E-state index >= 15 is 0 Å². The summed E-state index contributed by atoms with van der Waals surface area (Å²) in [5.41, 5.74) is 9.54. The molecule has 10 nitrogen and oxygen atoms in total. The maximum Gasteiger partial charge on any atom is 0.317 e. The lowest BCUT2D eigenvalue weighted by atomic mass is 9.82. The molecule has 32 heavy (non-hydrogen) atoms. The van der Waals surface area contributed by atoms with Crippen molar-refractivity contribution in [3.05, 3.63) is 48.0 Å². The Bertz CT molecular complexity index is 1130. The molecule has 3 aromatic heterocycles. The number of carbonyl (C=O) groups excluding carboxylic acids is 1. The van der Waals surface area contributed by atoms with E-state index in [9.17, 15) is 4.79 Å². The van der Waals surface area contributed by atoms with E-state index < -0.39 is 0 Å². The summed E-state index contributed by atoms with van der Waals surface area (Å²) in [4.78, 5) is 18.5. The third kappa shape index (κ3) is 3.61. The molecule has 1 spiro atoms. The number of nitrogens with two attached hydrogens (primary N) is 1. The summed E-state index contributed by atoms with van der Waals surface area (Å²) >= 11 is 0. The first-order valence-electron chi connectivity index (χ1n) is 10.8. The van der Waals surface area contributed by atoms with Crippen molar-refractivity contribution in [1.29, 1.82) is 0 Å². The molecule has 1 unspecified atom stereocenters. The van der Waals surface area contributed by atoms with Crippen LogP contribution in [0.4, 0.5) is 10.6 Å². The van der Waals surface area contributed by atoms with Gasteiger partial charge in [-0.3, -0.25) is 4.68 Å². The summed E-state index contributed by atoms with van der Waals surface area (Å²) in [7, 11) is 0. The number of amides is 2. The highest BCUT2D eigenvalue weighted by Crippen LogP contribution is 2.44. The number of urea groups is 1. The van der Waals surface area contributed by atoms with Crippen molar-refractivity contribution in [2.75, 3.05) is 25.4 Å². The predicted octanol–water partition coefficient (Wildman–Crippen LogP) is 1.97. The van der Waals surface area contributed by atoms with Gasteiger partial charge in [-0.25, -0.2) is 9.78 Å². The number of carbonyl (C=O) groups is 1. The molecule has 1 saturated heterocycles. The van der Waals surface area contributed by atoms with E-state index in [-0.39, 0.29) is 18.1 Å². The molecule has 5 rings (SSSR count). The van der Waals surface area contributed by atoms with Crippen LogP contribution in [0.15, 0.2) is 36.7 Å². The van der Waals surface area contributed by atoms with Gasteiger partial charge in [0.25, 0.3) is 0 Å². The van der Waals surface area contributed by atoms with Crippen LogP contribution in [0.5, 0.6) is 5.75 Å². The minimum atomic E-state index is -0.0388. The van der Waals surface area contributed by atoms with Gasteiger partial charge < -0.3 is 20.7 Å². The van der Waals surface area contributed by atoms with E-state index in [0.717, 1.165) is 43.7 Å². The number of likely N-dealkylation sites (tertiary alicyclic amines) is 1. The van der Waals surface area contributed by atoms with Gasteiger partial charge in [0.05, 0.1) is 5.69 Å². The second kappa shape index (κ2) is 8.10. The van der Waals surface area contributed by atoms with Gasteiger partial charge in [-0.05, 0) is 44.0 Å². The van der Waals surface area contributed by atoms with Gasteiger partial charge in [-0.15, -0.1) is 0 Å². The zero-order chi connectivity index (χ0) is 22.1. The van der Waals surface area contributed by atoms with Crippen LogP contribution in [0.1, 0.15) is 31.2 Å². The first-order valence-corrected chi connectivity index (χ1v) is 10.8. The zero-order valence-corrected chi connectivity index (χ0v) is 18.0. The molecule has 0 aromatic carbocycles. The number of hydrogen-bond donors (Lipinski definition) is 2. The van der Waals surface area contributed by atoms with E-state index in [1.807, 2.05) is 30.0 Å². The quantitative estimate of drug-likeness (QED) is 0.629. The molecule has 0 aliphatic carbocycles. The molecule has 0 bridgehead atoms. The molecule has 166 valence electrons. The van der Waals surface area contributed by atoms with Crippen LogP contribution in [0.25, 0.3) is 11.3 Å². The number of nitrogens with one attached hydrogen (secondary N) is 1. The molecule has 3 N–H and O–H groups in total. The van der Waals surface area contributed by atoms with Crippen LogP contribution >= 0.6 is 0 Å². The molecular weight excluding hydrogens is 408 g/mol. The molecule has 0 radical (unpaired) electrons. The van der Waals surface area contributed by atoms with Gasteiger partial charge in [0.15, 0.2) is 11.6 Å². The van der Waals surface area contributed by atoms with E-state index in [1.165, 1.54) is 5.69 Å². The normalized spacial score (nSPS) is 19.3. The molecule has 2 aliphatic heterocycles. The lowest BCUT2D eigenvalue weighted by molar-refractivity contribution is 0.206. The maximum atomic E-state index is 12.3. The van der Waals surface area contributed by atoms with Gasteiger partial charge in [0.2, 0.25) is 0 Å². The van der Waals surface area contributed by atoms with Crippen molar-refractivity contribution < 1.29 is 9.53 Å². The number of aryl methyl sites for hydroxylation is 1. The van der Waals surface area contributed by atoms with Gasteiger partial charge in [0, 0.05) is 55.2 Å². The third-order valence-electron chi connectivity index (χ3n) is 6.28. The number of nitrogens with zero attached hydrogens (tertiary/aromatic N) is 6. The molecule has 2 amide bonds. The lowest BCUT2D eigenvalue weighted by Crippen LogP contribution is -2.40. The summed E-state index contributed by atoms with van der Waals surface area (Å²) in [6, 6.07) is 7.64. The number of hydrogen-bond acceptors (Lipinski definition) is 7. The number of anilines is 1. The summed E-state index contributed by atoms with van der Waals surface area (Å²) in [6.07, 6.45) is 5.27. The Morgan fingerprint density at radius 3 is 3.00 bits per heavy atom. The Morgan fingerprint density at radius 2 is 2.19 bits per heavy atom. The number of fused-ring (bicyclic) bond motifs is 2. The minimum absolute atomic E-state index is 0.00944. The molecular formula is C22H26N8O2. The Morgan fingerprint density at radius 1 is 1.31 bits per heavy atom. The number of ether oxygens (including phenoxy) is 1.